The number of anilines is 1. The van der Waals surface area contributed by atoms with Crippen molar-refractivity contribution in [3.8, 4) is 5.95 Å². The number of aryl methyl sites for hydroxylation is 1. The first-order valence-electron chi connectivity index (χ1n) is 6.95. The molecular weight excluding hydrogens is 278 g/mol. The Balaban J connectivity index is 1.55. The van der Waals surface area contributed by atoms with Crippen molar-refractivity contribution in [2.75, 3.05) is 5.32 Å². The van der Waals surface area contributed by atoms with Crippen LogP contribution >= 0.6 is 0 Å². The first kappa shape index (κ1) is 13.9. The normalized spacial score (nSPS) is 10.4. The van der Waals surface area contributed by atoms with Gasteiger partial charge in [-0.3, -0.25) is 9.36 Å². The Kier molecular flexibility index (Phi) is 4.20. The molecule has 3 aromatic rings. The van der Waals surface area contributed by atoms with Gasteiger partial charge in [-0.15, -0.1) is 0 Å². The van der Waals surface area contributed by atoms with E-state index in [-0.39, 0.29) is 5.91 Å². The largest absolute Gasteiger partial charge is 0.323 e. The fraction of sp³-hybridized carbons (Fsp3) is 0.125. The van der Waals surface area contributed by atoms with E-state index in [4.69, 9.17) is 0 Å². The lowest BCUT2D eigenvalue weighted by Gasteiger charge is -2.06. The van der Waals surface area contributed by atoms with E-state index in [1.165, 1.54) is 0 Å². The molecule has 0 saturated carbocycles. The molecule has 1 N–H and O–H groups in total. The van der Waals surface area contributed by atoms with E-state index >= 15 is 0 Å². The van der Waals surface area contributed by atoms with Gasteiger partial charge in [-0.1, -0.05) is 30.3 Å². The number of rotatable bonds is 5. The number of hydrogen-bond donors (Lipinski definition) is 1. The summed E-state index contributed by atoms with van der Waals surface area (Å²) in [6.07, 6.45) is 9.34. The third-order valence-corrected chi connectivity index (χ3v) is 3.14. The fourth-order valence-corrected chi connectivity index (χ4v) is 2.02. The van der Waals surface area contributed by atoms with E-state index in [0.29, 0.717) is 24.5 Å². The lowest BCUT2D eigenvalue weighted by Crippen LogP contribution is -2.13. The zero-order valence-corrected chi connectivity index (χ0v) is 11.9. The zero-order chi connectivity index (χ0) is 15.2. The van der Waals surface area contributed by atoms with Crippen LogP contribution in [0.25, 0.3) is 5.95 Å². The number of imidazole rings is 1. The molecule has 0 fully saturated rings. The van der Waals surface area contributed by atoms with Crippen molar-refractivity contribution in [1.29, 1.82) is 0 Å². The maximum Gasteiger partial charge on any atom is 0.234 e. The minimum absolute atomic E-state index is 0.0529. The SMILES string of the molecule is O=C(CCc1ccccc1)Nc1cnc(-n2ccnc2)nc1. The summed E-state index contributed by atoms with van der Waals surface area (Å²) in [5.41, 5.74) is 1.73. The maximum atomic E-state index is 11.9. The van der Waals surface area contributed by atoms with Crippen LogP contribution in [0.5, 0.6) is 0 Å². The number of hydrogen-bond acceptors (Lipinski definition) is 4. The van der Waals surface area contributed by atoms with Gasteiger partial charge in [-0.25, -0.2) is 15.0 Å². The topological polar surface area (TPSA) is 72.7 Å². The summed E-state index contributed by atoms with van der Waals surface area (Å²) >= 11 is 0. The molecule has 1 amide bonds. The average Bonchev–Trinajstić information content (AvgIpc) is 3.09. The summed E-state index contributed by atoms with van der Waals surface area (Å²) in [5.74, 6) is 0.461. The molecule has 6 heteroatoms. The summed E-state index contributed by atoms with van der Waals surface area (Å²) in [5, 5.41) is 2.80. The van der Waals surface area contributed by atoms with E-state index in [1.807, 2.05) is 30.3 Å². The van der Waals surface area contributed by atoms with Crippen molar-refractivity contribution in [2.24, 2.45) is 0 Å². The van der Waals surface area contributed by atoms with Gasteiger partial charge in [-0.2, -0.15) is 0 Å². The first-order chi connectivity index (χ1) is 10.8. The van der Waals surface area contributed by atoms with Crippen LogP contribution in [0.3, 0.4) is 0 Å². The minimum Gasteiger partial charge on any atom is -0.323 e. The van der Waals surface area contributed by atoms with Crippen molar-refractivity contribution < 1.29 is 4.79 Å². The van der Waals surface area contributed by atoms with Crippen molar-refractivity contribution in [3.63, 3.8) is 0 Å². The van der Waals surface area contributed by atoms with Crippen LogP contribution in [0, 0.1) is 0 Å². The zero-order valence-electron chi connectivity index (χ0n) is 11.9. The second-order valence-electron chi connectivity index (χ2n) is 4.78. The number of amides is 1. The monoisotopic (exact) mass is 293 g/mol. The molecular formula is C16H15N5O. The molecule has 0 bridgehead atoms. The summed E-state index contributed by atoms with van der Waals surface area (Å²) < 4.78 is 1.70. The lowest BCUT2D eigenvalue weighted by molar-refractivity contribution is -0.116. The smallest absolute Gasteiger partial charge is 0.234 e. The van der Waals surface area contributed by atoms with Crippen LogP contribution in [0.4, 0.5) is 5.69 Å². The van der Waals surface area contributed by atoms with E-state index in [9.17, 15) is 4.79 Å². The molecule has 0 aliphatic heterocycles. The molecule has 3 rings (SSSR count). The Hall–Kier alpha value is -3.02. The summed E-state index contributed by atoms with van der Waals surface area (Å²) in [4.78, 5) is 24.2. The average molecular weight is 293 g/mol. The Morgan fingerprint density at radius 1 is 1.14 bits per heavy atom. The van der Waals surface area contributed by atoms with Gasteiger partial charge in [0.15, 0.2) is 0 Å². The van der Waals surface area contributed by atoms with Crippen LogP contribution in [0.15, 0.2) is 61.4 Å². The van der Waals surface area contributed by atoms with Crippen molar-refractivity contribution >= 4 is 11.6 Å². The van der Waals surface area contributed by atoms with Gasteiger partial charge in [0.05, 0.1) is 18.1 Å². The third-order valence-electron chi connectivity index (χ3n) is 3.14. The molecule has 2 aromatic heterocycles. The summed E-state index contributed by atoms with van der Waals surface area (Å²) in [6, 6.07) is 9.92. The van der Waals surface area contributed by atoms with Crippen molar-refractivity contribution in [3.05, 3.63) is 67.0 Å². The highest BCUT2D eigenvalue weighted by atomic mass is 16.1. The first-order valence-corrected chi connectivity index (χ1v) is 6.95. The predicted octanol–water partition coefficient (Wildman–Crippen LogP) is 2.23. The second kappa shape index (κ2) is 6.62. The number of aromatic nitrogens is 4. The highest BCUT2D eigenvalue weighted by Gasteiger charge is 2.05. The fourth-order valence-electron chi connectivity index (χ4n) is 2.02. The van der Waals surface area contributed by atoms with Crippen molar-refractivity contribution in [1.82, 2.24) is 19.5 Å². The molecule has 22 heavy (non-hydrogen) atoms. The van der Waals surface area contributed by atoms with Crippen LogP contribution in [0.2, 0.25) is 0 Å². The molecule has 0 spiro atoms. The Bertz CT molecular complexity index is 723. The van der Waals surface area contributed by atoms with E-state index in [2.05, 4.69) is 20.3 Å². The van der Waals surface area contributed by atoms with Crippen LogP contribution in [0.1, 0.15) is 12.0 Å². The lowest BCUT2D eigenvalue weighted by atomic mass is 10.1. The molecule has 0 saturated heterocycles. The Morgan fingerprint density at radius 3 is 2.59 bits per heavy atom. The number of carbonyl (C=O) groups is 1. The van der Waals surface area contributed by atoms with Crippen LogP contribution < -0.4 is 5.32 Å². The molecule has 2 heterocycles. The molecule has 0 radical (unpaired) electrons. The van der Waals surface area contributed by atoms with E-state index in [0.717, 1.165) is 5.56 Å². The van der Waals surface area contributed by atoms with Gasteiger partial charge in [-0.05, 0) is 12.0 Å². The van der Waals surface area contributed by atoms with Crippen LogP contribution in [-0.4, -0.2) is 25.4 Å². The second-order valence-corrected chi connectivity index (χ2v) is 4.78. The summed E-state index contributed by atoms with van der Waals surface area (Å²) in [7, 11) is 0. The van der Waals surface area contributed by atoms with Gasteiger partial charge in [0.2, 0.25) is 11.9 Å². The Labute approximate surface area is 127 Å². The molecule has 110 valence electrons. The van der Waals surface area contributed by atoms with Gasteiger partial charge < -0.3 is 5.32 Å². The van der Waals surface area contributed by atoms with Crippen LogP contribution in [-0.2, 0) is 11.2 Å². The molecule has 6 nitrogen and oxygen atoms in total. The van der Waals surface area contributed by atoms with Gasteiger partial charge in [0, 0.05) is 18.8 Å². The molecule has 0 aliphatic carbocycles. The molecule has 0 atom stereocenters. The third kappa shape index (κ3) is 3.54. The number of carbonyl (C=O) groups excluding carboxylic acids is 1. The minimum atomic E-state index is -0.0529. The van der Waals surface area contributed by atoms with E-state index < -0.39 is 0 Å². The number of nitrogens with zero attached hydrogens (tertiary/aromatic N) is 4. The quantitative estimate of drug-likeness (QED) is 0.783. The highest BCUT2D eigenvalue weighted by molar-refractivity contribution is 5.90. The maximum absolute atomic E-state index is 11.9. The van der Waals surface area contributed by atoms with Crippen molar-refractivity contribution in [2.45, 2.75) is 12.8 Å². The van der Waals surface area contributed by atoms with Gasteiger partial charge in [0.25, 0.3) is 0 Å². The van der Waals surface area contributed by atoms with E-state index in [1.54, 1.807) is 35.7 Å². The standard InChI is InChI=1S/C16H15N5O/c22-15(7-6-13-4-2-1-3-5-13)20-14-10-18-16(19-11-14)21-9-8-17-12-21/h1-5,8-12H,6-7H2,(H,20,22). The highest BCUT2D eigenvalue weighted by Crippen LogP contribution is 2.08. The number of nitrogens with one attached hydrogen (secondary N) is 1. The van der Waals surface area contributed by atoms with Gasteiger partial charge in [0.1, 0.15) is 6.33 Å². The number of benzene rings is 1. The summed E-state index contributed by atoms with van der Waals surface area (Å²) in [6.45, 7) is 0. The molecule has 1 aromatic carbocycles. The molecule has 0 unspecified atom stereocenters. The molecule has 0 aliphatic rings. The predicted molar refractivity (Wildman–Crippen MR) is 82.5 cm³/mol. The van der Waals surface area contributed by atoms with Gasteiger partial charge >= 0.3 is 0 Å². The Morgan fingerprint density at radius 2 is 1.91 bits per heavy atom.